The van der Waals surface area contributed by atoms with Crippen LogP contribution in [0.2, 0.25) is 0 Å². The van der Waals surface area contributed by atoms with Crippen LogP contribution >= 0.6 is 0 Å². The van der Waals surface area contributed by atoms with Crippen LogP contribution in [0.25, 0.3) is 0 Å². The molecule has 2 aromatic rings. The molecule has 17 heavy (non-hydrogen) atoms. The molecule has 0 fully saturated rings. The molecule has 0 heterocycles. The van der Waals surface area contributed by atoms with E-state index < -0.39 is 0 Å². The first-order valence-electron chi connectivity index (χ1n) is 5.80. The Morgan fingerprint density at radius 1 is 1.00 bits per heavy atom. The van der Waals surface area contributed by atoms with Gasteiger partial charge < -0.3 is 11.1 Å². The van der Waals surface area contributed by atoms with E-state index in [2.05, 4.69) is 48.6 Å². The third-order valence-corrected chi connectivity index (χ3v) is 2.97. The van der Waals surface area contributed by atoms with E-state index in [9.17, 15) is 0 Å². The van der Waals surface area contributed by atoms with Gasteiger partial charge in [-0.3, -0.25) is 0 Å². The highest BCUT2D eigenvalue weighted by Gasteiger charge is 2.08. The summed E-state index contributed by atoms with van der Waals surface area (Å²) in [7, 11) is 1.91. The maximum atomic E-state index is 6.26. The predicted octanol–water partition coefficient (Wildman–Crippen LogP) is 3.08. The molecular formula is C15H18N2. The van der Waals surface area contributed by atoms with Crippen molar-refractivity contribution in [1.29, 1.82) is 0 Å². The Balaban J connectivity index is 2.29. The van der Waals surface area contributed by atoms with Crippen LogP contribution in [-0.2, 0) is 0 Å². The minimum absolute atomic E-state index is 0.0658. The summed E-state index contributed by atoms with van der Waals surface area (Å²) in [6.45, 7) is 2.08. The van der Waals surface area contributed by atoms with Gasteiger partial charge in [-0.2, -0.15) is 0 Å². The standard InChI is InChI=1S/C15H18N2/c1-11-6-8-12(9-7-11)15(16)13-4-3-5-14(10-13)17-2/h3-10,15,17H,16H2,1-2H3. The highest BCUT2D eigenvalue weighted by atomic mass is 14.8. The zero-order valence-electron chi connectivity index (χ0n) is 10.3. The summed E-state index contributed by atoms with van der Waals surface area (Å²) in [5.41, 5.74) is 10.9. The molecule has 2 aromatic carbocycles. The van der Waals surface area contributed by atoms with Crippen molar-refractivity contribution in [2.24, 2.45) is 5.73 Å². The van der Waals surface area contributed by atoms with E-state index in [1.54, 1.807) is 0 Å². The van der Waals surface area contributed by atoms with E-state index in [1.807, 2.05) is 19.2 Å². The van der Waals surface area contributed by atoms with Gasteiger partial charge in [0, 0.05) is 12.7 Å². The Morgan fingerprint density at radius 3 is 2.35 bits per heavy atom. The molecule has 0 spiro atoms. The first kappa shape index (κ1) is 11.7. The maximum Gasteiger partial charge on any atom is 0.0552 e. The Morgan fingerprint density at radius 2 is 1.71 bits per heavy atom. The van der Waals surface area contributed by atoms with Crippen molar-refractivity contribution in [2.75, 3.05) is 12.4 Å². The van der Waals surface area contributed by atoms with Crippen LogP contribution in [0.5, 0.6) is 0 Å². The van der Waals surface area contributed by atoms with E-state index in [0.29, 0.717) is 0 Å². The van der Waals surface area contributed by atoms with Gasteiger partial charge in [0.15, 0.2) is 0 Å². The number of nitrogens with two attached hydrogens (primary N) is 1. The number of nitrogens with one attached hydrogen (secondary N) is 1. The minimum Gasteiger partial charge on any atom is -0.388 e. The molecule has 2 rings (SSSR count). The average Bonchev–Trinajstić information content (AvgIpc) is 2.39. The summed E-state index contributed by atoms with van der Waals surface area (Å²) in [4.78, 5) is 0. The van der Waals surface area contributed by atoms with E-state index in [0.717, 1.165) is 16.8 Å². The zero-order chi connectivity index (χ0) is 12.3. The molecule has 0 saturated heterocycles. The second kappa shape index (κ2) is 5.02. The second-order valence-electron chi connectivity index (χ2n) is 4.26. The van der Waals surface area contributed by atoms with Gasteiger partial charge in [0.1, 0.15) is 0 Å². The number of aryl methyl sites for hydroxylation is 1. The molecule has 0 bridgehead atoms. The second-order valence-corrected chi connectivity index (χ2v) is 4.26. The molecule has 2 heteroatoms. The third kappa shape index (κ3) is 2.66. The normalized spacial score (nSPS) is 12.2. The SMILES string of the molecule is CNc1cccc(C(N)c2ccc(C)cc2)c1. The van der Waals surface area contributed by atoms with Crippen LogP contribution in [0.1, 0.15) is 22.7 Å². The maximum absolute atomic E-state index is 6.26. The summed E-state index contributed by atoms with van der Waals surface area (Å²) in [5.74, 6) is 0. The molecule has 0 aromatic heterocycles. The average molecular weight is 226 g/mol. The fourth-order valence-electron chi connectivity index (χ4n) is 1.85. The predicted molar refractivity (Wildman–Crippen MR) is 73.2 cm³/mol. The topological polar surface area (TPSA) is 38.0 Å². The highest BCUT2D eigenvalue weighted by molar-refractivity contribution is 5.47. The fraction of sp³-hybridized carbons (Fsp3) is 0.200. The lowest BCUT2D eigenvalue weighted by Crippen LogP contribution is -2.11. The summed E-state index contributed by atoms with van der Waals surface area (Å²) in [6, 6.07) is 16.5. The third-order valence-electron chi connectivity index (χ3n) is 2.97. The van der Waals surface area contributed by atoms with Crippen molar-refractivity contribution in [3.05, 3.63) is 65.2 Å². The van der Waals surface area contributed by atoms with Crippen molar-refractivity contribution in [2.45, 2.75) is 13.0 Å². The Hall–Kier alpha value is -1.80. The molecule has 1 unspecified atom stereocenters. The van der Waals surface area contributed by atoms with Gasteiger partial charge in [-0.1, -0.05) is 42.0 Å². The molecule has 2 nitrogen and oxygen atoms in total. The minimum atomic E-state index is -0.0658. The van der Waals surface area contributed by atoms with Crippen LogP contribution in [0.15, 0.2) is 48.5 Å². The van der Waals surface area contributed by atoms with E-state index >= 15 is 0 Å². The largest absolute Gasteiger partial charge is 0.388 e. The first-order valence-corrected chi connectivity index (χ1v) is 5.80. The van der Waals surface area contributed by atoms with Crippen molar-refractivity contribution >= 4 is 5.69 Å². The number of hydrogen-bond donors (Lipinski definition) is 2. The van der Waals surface area contributed by atoms with Gasteiger partial charge in [-0.25, -0.2) is 0 Å². The van der Waals surface area contributed by atoms with Crippen molar-refractivity contribution in [3.63, 3.8) is 0 Å². The smallest absolute Gasteiger partial charge is 0.0552 e. The van der Waals surface area contributed by atoms with Crippen molar-refractivity contribution in [3.8, 4) is 0 Å². The lowest BCUT2D eigenvalue weighted by Gasteiger charge is -2.14. The summed E-state index contributed by atoms with van der Waals surface area (Å²) >= 11 is 0. The molecule has 3 N–H and O–H groups in total. The Bertz CT molecular complexity index is 489. The molecule has 0 aliphatic heterocycles. The zero-order valence-corrected chi connectivity index (χ0v) is 10.3. The summed E-state index contributed by atoms with van der Waals surface area (Å²) < 4.78 is 0. The lowest BCUT2D eigenvalue weighted by atomic mass is 9.98. The summed E-state index contributed by atoms with van der Waals surface area (Å²) in [6.07, 6.45) is 0. The van der Waals surface area contributed by atoms with Gasteiger partial charge in [-0.05, 0) is 30.2 Å². The van der Waals surface area contributed by atoms with Gasteiger partial charge in [0.05, 0.1) is 6.04 Å². The van der Waals surface area contributed by atoms with Crippen molar-refractivity contribution in [1.82, 2.24) is 0 Å². The van der Waals surface area contributed by atoms with Crippen LogP contribution in [0.3, 0.4) is 0 Å². The summed E-state index contributed by atoms with van der Waals surface area (Å²) in [5, 5.41) is 3.13. The van der Waals surface area contributed by atoms with Crippen molar-refractivity contribution < 1.29 is 0 Å². The molecular weight excluding hydrogens is 208 g/mol. The van der Waals surface area contributed by atoms with Gasteiger partial charge >= 0.3 is 0 Å². The molecule has 0 aliphatic rings. The van der Waals surface area contributed by atoms with Gasteiger partial charge in [0.25, 0.3) is 0 Å². The van der Waals surface area contributed by atoms with E-state index in [-0.39, 0.29) is 6.04 Å². The Labute approximate surface area is 102 Å². The molecule has 0 saturated carbocycles. The number of anilines is 1. The lowest BCUT2D eigenvalue weighted by molar-refractivity contribution is 0.871. The monoisotopic (exact) mass is 226 g/mol. The molecule has 0 radical (unpaired) electrons. The van der Waals surface area contributed by atoms with Crippen LogP contribution in [0, 0.1) is 6.92 Å². The van der Waals surface area contributed by atoms with Crippen LogP contribution < -0.4 is 11.1 Å². The van der Waals surface area contributed by atoms with Crippen LogP contribution in [-0.4, -0.2) is 7.05 Å². The molecule has 0 aliphatic carbocycles. The molecule has 88 valence electrons. The fourth-order valence-corrected chi connectivity index (χ4v) is 1.85. The molecule has 0 amide bonds. The highest BCUT2D eigenvalue weighted by Crippen LogP contribution is 2.22. The molecule has 1 atom stereocenters. The number of rotatable bonds is 3. The number of benzene rings is 2. The van der Waals surface area contributed by atoms with E-state index in [1.165, 1.54) is 5.56 Å². The van der Waals surface area contributed by atoms with Gasteiger partial charge in [0.2, 0.25) is 0 Å². The van der Waals surface area contributed by atoms with Gasteiger partial charge in [-0.15, -0.1) is 0 Å². The van der Waals surface area contributed by atoms with Crippen LogP contribution in [0.4, 0.5) is 5.69 Å². The Kier molecular flexibility index (Phi) is 3.45. The van der Waals surface area contributed by atoms with E-state index in [4.69, 9.17) is 5.73 Å². The number of hydrogen-bond acceptors (Lipinski definition) is 2. The first-order chi connectivity index (χ1) is 8.20. The quantitative estimate of drug-likeness (QED) is 0.844.